The summed E-state index contributed by atoms with van der Waals surface area (Å²) < 4.78 is 28.9. The fourth-order valence-electron chi connectivity index (χ4n) is 3.74. The topological polar surface area (TPSA) is 68.1 Å². The number of fused-ring (bicyclic) bond motifs is 3. The number of amides is 2. The minimum atomic E-state index is -0.810. The van der Waals surface area contributed by atoms with Gasteiger partial charge in [0, 0.05) is 12.3 Å². The van der Waals surface area contributed by atoms with E-state index in [9.17, 15) is 18.4 Å². The molecule has 0 saturated heterocycles. The Morgan fingerprint density at radius 1 is 1.00 bits per heavy atom. The summed E-state index contributed by atoms with van der Waals surface area (Å²) in [5.41, 5.74) is 1.84. The maximum Gasteiger partial charge on any atom is 0.263 e. The molecule has 1 aliphatic rings. The number of nitrogens with zero attached hydrogens (tertiary/aromatic N) is 4. The summed E-state index contributed by atoms with van der Waals surface area (Å²) in [6, 6.07) is 12.3. The van der Waals surface area contributed by atoms with Gasteiger partial charge in [-0.15, -0.1) is 0 Å². The van der Waals surface area contributed by atoms with Gasteiger partial charge in [-0.05, 0) is 24.6 Å². The van der Waals surface area contributed by atoms with E-state index >= 15 is 0 Å². The zero-order valence-corrected chi connectivity index (χ0v) is 15.8. The second-order valence-corrected chi connectivity index (χ2v) is 7.02. The molecule has 148 valence electrons. The zero-order valence-electron chi connectivity index (χ0n) is 15.8. The molecule has 1 aliphatic heterocycles. The van der Waals surface area contributed by atoms with Crippen molar-refractivity contribution in [2.24, 2.45) is 0 Å². The van der Waals surface area contributed by atoms with E-state index < -0.39 is 23.4 Å². The summed E-state index contributed by atoms with van der Waals surface area (Å²) in [4.78, 5) is 31.5. The number of imide groups is 1. The molecular formula is C22H14F2N4O2. The third-order valence-electron chi connectivity index (χ3n) is 5.13. The molecule has 8 heteroatoms. The van der Waals surface area contributed by atoms with Crippen molar-refractivity contribution >= 4 is 22.8 Å². The summed E-state index contributed by atoms with van der Waals surface area (Å²) in [5.74, 6) is -2.41. The van der Waals surface area contributed by atoms with E-state index in [4.69, 9.17) is 0 Å². The molecular weight excluding hydrogens is 390 g/mol. The van der Waals surface area contributed by atoms with Crippen LogP contribution in [0.25, 0.3) is 16.7 Å². The predicted octanol–water partition coefficient (Wildman–Crippen LogP) is 3.80. The highest BCUT2D eigenvalue weighted by Gasteiger charge is 2.39. The van der Waals surface area contributed by atoms with Crippen LogP contribution in [0.4, 0.5) is 8.78 Å². The third-order valence-corrected chi connectivity index (χ3v) is 5.13. The number of aryl methyl sites for hydroxylation is 1. The highest BCUT2D eigenvalue weighted by atomic mass is 19.1. The van der Waals surface area contributed by atoms with E-state index in [1.54, 1.807) is 6.92 Å². The van der Waals surface area contributed by atoms with Crippen molar-refractivity contribution < 1.29 is 18.4 Å². The van der Waals surface area contributed by atoms with E-state index in [-0.39, 0.29) is 29.0 Å². The van der Waals surface area contributed by atoms with Gasteiger partial charge in [0.25, 0.3) is 11.8 Å². The van der Waals surface area contributed by atoms with Gasteiger partial charge in [0.1, 0.15) is 11.5 Å². The summed E-state index contributed by atoms with van der Waals surface area (Å²) in [6.45, 7) is 1.79. The minimum absolute atomic E-state index is 0.000126. The average Bonchev–Trinajstić information content (AvgIpc) is 3.18. The fraction of sp³-hybridized carbons (Fsp3) is 0.0909. The largest absolute Gasteiger partial charge is 0.270 e. The van der Waals surface area contributed by atoms with E-state index in [1.165, 1.54) is 16.9 Å². The van der Waals surface area contributed by atoms with Gasteiger partial charge in [-0.2, -0.15) is 5.10 Å². The number of halogens is 2. The Morgan fingerprint density at radius 2 is 1.77 bits per heavy atom. The number of hydrogen-bond acceptors (Lipinski definition) is 4. The normalized spacial score (nSPS) is 13.4. The van der Waals surface area contributed by atoms with E-state index in [0.29, 0.717) is 11.1 Å². The highest BCUT2D eigenvalue weighted by molar-refractivity contribution is 6.26. The van der Waals surface area contributed by atoms with Gasteiger partial charge >= 0.3 is 0 Å². The number of carbonyl (C=O) groups is 2. The van der Waals surface area contributed by atoms with Crippen LogP contribution in [0.5, 0.6) is 0 Å². The van der Waals surface area contributed by atoms with E-state index in [1.807, 2.05) is 30.3 Å². The summed E-state index contributed by atoms with van der Waals surface area (Å²) in [5, 5.41) is 4.69. The van der Waals surface area contributed by atoms with Gasteiger partial charge in [-0.1, -0.05) is 30.3 Å². The summed E-state index contributed by atoms with van der Waals surface area (Å²) >= 11 is 0. The molecule has 0 N–H and O–H groups in total. The Bertz CT molecular complexity index is 1350. The van der Waals surface area contributed by atoms with Crippen LogP contribution >= 0.6 is 0 Å². The molecule has 0 spiro atoms. The standard InChI is InChI=1S/C22H14F2N4O2/c1-12-18-19-15(21(29)27(22(19)30)11-13-5-3-2-4-6-13)10-25-20(18)28(26-12)17-8-7-14(23)9-16(17)24/h2-10H,11H2,1H3. The zero-order chi connectivity index (χ0) is 21.0. The first-order valence-electron chi connectivity index (χ1n) is 9.19. The minimum Gasteiger partial charge on any atom is -0.270 e. The van der Waals surface area contributed by atoms with Gasteiger partial charge in [0.2, 0.25) is 0 Å². The molecule has 30 heavy (non-hydrogen) atoms. The Morgan fingerprint density at radius 3 is 2.50 bits per heavy atom. The van der Waals surface area contributed by atoms with Gasteiger partial charge in [0.05, 0.1) is 28.8 Å². The van der Waals surface area contributed by atoms with E-state index in [2.05, 4.69) is 10.1 Å². The molecule has 0 aliphatic carbocycles. The highest BCUT2D eigenvalue weighted by Crippen LogP contribution is 2.33. The first-order valence-corrected chi connectivity index (χ1v) is 9.19. The number of hydrogen-bond donors (Lipinski definition) is 0. The molecule has 0 unspecified atom stereocenters. The van der Waals surface area contributed by atoms with E-state index in [0.717, 1.165) is 22.6 Å². The maximum absolute atomic E-state index is 14.3. The molecule has 4 aromatic rings. The second-order valence-electron chi connectivity index (χ2n) is 7.02. The van der Waals surface area contributed by atoms with Gasteiger partial charge in [-0.3, -0.25) is 14.5 Å². The lowest BCUT2D eigenvalue weighted by Gasteiger charge is -2.13. The lowest BCUT2D eigenvalue weighted by atomic mass is 10.1. The molecule has 0 saturated carbocycles. The van der Waals surface area contributed by atoms with Crippen LogP contribution in [-0.2, 0) is 6.54 Å². The van der Waals surface area contributed by atoms with Crippen LogP contribution in [0.2, 0.25) is 0 Å². The van der Waals surface area contributed by atoms with Gasteiger partial charge in [-0.25, -0.2) is 18.4 Å². The summed E-state index contributed by atoms with van der Waals surface area (Å²) in [7, 11) is 0. The molecule has 5 rings (SSSR count). The Hall–Kier alpha value is -3.94. The van der Waals surface area contributed by atoms with Crippen LogP contribution in [0.1, 0.15) is 32.0 Å². The molecule has 0 fully saturated rings. The molecule has 2 amide bonds. The molecule has 3 heterocycles. The van der Waals surface area contributed by atoms with Gasteiger partial charge in [0.15, 0.2) is 11.5 Å². The molecule has 0 atom stereocenters. The SMILES string of the molecule is Cc1nn(-c2ccc(F)cc2F)c2ncc3c(c12)C(=O)N(Cc1ccccc1)C3=O. The van der Waals surface area contributed by atoms with Crippen LogP contribution in [0, 0.1) is 18.6 Å². The van der Waals surface area contributed by atoms with Crippen molar-refractivity contribution in [3.8, 4) is 5.69 Å². The molecule has 2 aromatic carbocycles. The van der Waals surface area contributed by atoms with Crippen molar-refractivity contribution in [1.82, 2.24) is 19.7 Å². The molecule has 2 aromatic heterocycles. The van der Waals surface area contributed by atoms with Crippen molar-refractivity contribution in [3.63, 3.8) is 0 Å². The Kier molecular flexibility index (Phi) is 3.95. The number of benzene rings is 2. The maximum atomic E-state index is 14.3. The molecule has 0 bridgehead atoms. The number of carbonyl (C=O) groups excluding carboxylic acids is 2. The van der Waals surface area contributed by atoms with Crippen LogP contribution < -0.4 is 0 Å². The van der Waals surface area contributed by atoms with Crippen molar-refractivity contribution in [2.45, 2.75) is 13.5 Å². The van der Waals surface area contributed by atoms with Crippen molar-refractivity contribution in [2.75, 3.05) is 0 Å². The van der Waals surface area contributed by atoms with Gasteiger partial charge < -0.3 is 0 Å². The molecule has 6 nitrogen and oxygen atoms in total. The second kappa shape index (κ2) is 6.55. The van der Waals surface area contributed by atoms with Crippen LogP contribution in [0.3, 0.4) is 0 Å². The Balaban J connectivity index is 1.65. The van der Waals surface area contributed by atoms with Crippen molar-refractivity contribution in [1.29, 1.82) is 0 Å². The molecule has 0 radical (unpaired) electrons. The van der Waals surface area contributed by atoms with Crippen LogP contribution in [-0.4, -0.2) is 31.5 Å². The predicted molar refractivity (Wildman–Crippen MR) is 104 cm³/mol. The fourth-order valence-corrected chi connectivity index (χ4v) is 3.74. The van der Waals surface area contributed by atoms with Crippen molar-refractivity contribution in [3.05, 3.63) is 88.7 Å². The monoisotopic (exact) mass is 404 g/mol. The third kappa shape index (κ3) is 2.61. The lowest BCUT2D eigenvalue weighted by Crippen LogP contribution is -2.29. The number of aromatic nitrogens is 3. The lowest BCUT2D eigenvalue weighted by molar-refractivity contribution is 0.0643. The average molecular weight is 404 g/mol. The summed E-state index contributed by atoms with van der Waals surface area (Å²) in [6.07, 6.45) is 1.31. The smallest absolute Gasteiger partial charge is 0.263 e. The number of rotatable bonds is 3. The first kappa shape index (κ1) is 18.1. The Labute approximate surface area is 169 Å². The first-order chi connectivity index (χ1) is 14.5. The number of pyridine rings is 1. The van der Waals surface area contributed by atoms with Crippen LogP contribution in [0.15, 0.2) is 54.7 Å². The quantitative estimate of drug-likeness (QED) is 0.487.